The minimum Gasteiger partial charge on any atom is -0.444 e. The quantitative estimate of drug-likeness (QED) is 0.716. The van der Waals surface area contributed by atoms with Crippen molar-refractivity contribution >= 4 is 39.0 Å². The molecular weight excluding hydrogens is 411 g/mol. The second-order valence-corrected chi connectivity index (χ2v) is 8.93. The number of amidine groups is 1. The van der Waals surface area contributed by atoms with E-state index in [2.05, 4.69) is 26.2 Å². The smallest absolute Gasteiger partial charge is 0.413 e. The van der Waals surface area contributed by atoms with Gasteiger partial charge in [-0.2, -0.15) is 0 Å². The number of halogens is 2. The number of hydrogen-bond acceptors (Lipinski definition) is 5. The topological polar surface area (TPSA) is 59.9 Å². The Balaban J connectivity index is 1.93. The van der Waals surface area contributed by atoms with E-state index in [1.165, 1.54) is 17.8 Å². The van der Waals surface area contributed by atoms with Crippen molar-refractivity contribution in [2.24, 2.45) is 10.9 Å². The van der Waals surface area contributed by atoms with E-state index in [-0.39, 0.29) is 11.7 Å². The number of fused-ring (bicyclic) bond motifs is 1. The second kappa shape index (κ2) is 6.89. The Morgan fingerprint density at radius 1 is 1.52 bits per heavy atom. The molecule has 2 aliphatic rings. The van der Waals surface area contributed by atoms with Gasteiger partial charge in [-0.05, 0) is 45.4 Å². The highest BCUT2D eigenvalue weighted by atomic mass is 79.9. The maximum atomic E-state index is 14.5. The molecule has 136 valence electrons. The second-order valence-electron chi connectivity index (χ2n) is 7.01. The van der Waals surface area contributed by atoms with Crippen LogP contribution in [0.2, 0.25) is 0 Å². The van der Waals surface area contributed by atoms with Crippen molar-refractivity contribution in [1.82, 2.24) is 5.32 Å². The van der Waals surface area contributed by atoms with Crippen LogP contribution < -0.4 is 5.32 Å². The number of amides is 1. The molecule has 1 fully saturated rings. The van der Waals surface area contributed by atoms with Crippen LogP contribution in [0.15, 0.2) is 27.7 Å². The Kier molecular flexibility index (Phi) is 5.14. The molecule has 3 rings (SSSR count). The molecule has 1 aromatic rings. The summed E-state index contributed by atoms with van der Waals surface area (Å²) in [5.41, 5.74) is -1.33. The predicted molar refractivity (Wildman–Crippen MR) is 99.1 cm³/mol. The third-order valence-electron chi connectivity index (χ3n) is 3.95. The molecular formula is C17H20BrFN2O3S. The predicted octanol–water partition coefficient (Wildman–Crippen LogP) is 4.41. The summed E-state index contributed by atoms with van der Waals surface area (Å²) >= 11 is 4.80. The van der Waals surface area contributed by atoms with Gasteiger partial charge in [-0.1, -0.05) is 27.7 Å². The van der Waals surface area contributed by atoms with Crippen LogP contribution >= 0.6 is 27.7 Å². The Morgan fingerprint density at radius 2 is 2.28 bits per heavy atom. The van der Waals surface area contributed by atoms with Gasteiger partial charge in [-0.25, -0.2) is 14.2 Å². The molecule has 0 aliphatic carbocycles. The van der Waals surface area contributed by atoms with Crippen molar-refractivity contribution in [2.45, 2.75) is 38.5 Å². The van der Waals surface area contributed by atoms with Crippen LogP contribution in [-0.2, 0) is 15.2 Å². The zero-order valence-corrected chi connectivity index (χ0v) is 16.7. The minimum atomic E-state index is -1.11. The molecule has 1 saturated heterocycles. The fourth-order valence-electron chi connectivity index (χ4n) is 2.94. The van der Waals surface area contributed by atoms with E-state index >= 15 is 0 Å². The summed E-state index contributed by atoms with van der Waals surface area (Å²) < 4.78 is 26.5. The van der Waals surface area contributed by atoms with Crippen LogP contribution in [0.25, 0.3) is 0 Å². The number of benzene rings is 1. The SMILES string of the molecule is CC(C)(C)OC(=O)NC1=N[C@@]2(c3cc(Br)ccc3F)OCC[C@H]2CS1. The number of carbonyl (C=O) groups excluding carboxylic acids is 1. The Bertz CT molecular complexity index is 722. The van der Waals surface area contributed by atoms with Crippen LogP contribution in [-0.4, -0.2) is 29.2 Å². The van der Waals surface area contributed by atoms with Gasteiger partial charge >= 0.3 is 6.09 Å². The van der Waals surface area contributed by atoms with E-state index in [1.54, 1.807) is 32.9 Å². The number of carbonyl (C=O) groups is 1. The van der Waals surface area contributed by atoms with Gasteiger partial charge in [0, 0.05) is 21.7 Å². The zero-order valence-electron chi connectivity index (χ0n) is 14.3. The molecule has 1 amide bonds. The van der Waals surface area contributed by atoms with Gasteiger partial charge in [0.25, 0.3) is 0 Å². The molecule has 8 heteroatoms. The zero-order chi connectivity index (χ0) is 18.2. The van der Waals surface area contributed by atoms with Gasteiger partial charge < -0.3 is 9.47 Å². The minimum absolute atomic E-state index is 0.0467. The Labute approximate surface area is 158 Å². The molecule has 0 unspecified atom stereocenters. The largest absolute Gasteiger partial charge is 0.444 e. The molecule has 0 radical (unpaired) electrons. The number of hydrogen-bond donors (Lipinski definition) is 1. The lowest BCUT2D eigenvalue weighted by atomic mass is 9.90. The molecule has 1 N–H and O–H groups in total. The molecule has 0 aromatic heterocycles. The van der Waals surface area contributed by atoms with Gasteiger partial charge in [0.05, 0.1) is 6.61 Å². The fourth-order valence-corrected chi connectivity index (χ4v) is 4.41. The third kappa shape index (κ3) is 4.01. The number of nitrogens with one attached hydrogen (secondary N) is 1. The van der Waals surface area contributed by atoms with Crippen molar-refractivity contribution in [3.8, 4) is 0 Å². The van der Waals surface area contributed by atoms with Crippen molar-refractivity contribution in [2.75, 3.05) is 12.4 Å². The fraction of sp³-hybridized carbons (Fsp3) is 0.529. The van der Waals surface area contributed by atoms with Crippen LogP contribution in [0.3, 0.4) is 0 Å². The van der Waals surface area contributed by atoms with E-state index in [4.69, 9.17) is 9.47 Å². The number of alkyl carbamates (subject to hydrolysis) is 1. The molecule has 0 saturated carbocycles. The van der Waals surface area contributed by atoms with Gasteiger partial charge in [0.2, 0.25) is 0 Å². The lowest BCUT2D eigenvalue weighted by Gasteiger charge is -2.35. The highest BCUT2D eigenvalue weighted by molar-refractivity contribution is 9.10. The molecule has 25 heavy (non-hydrogen) atoms. The van der Waals surface area contributed by atoms with Crippen molar-refractivity contribution in [3.63, 3.8) is 0 Å². The Morgan fingerprint density at radius 3 is 3.00 bits per heavy atom. The van der Waals surface area contributed by atoms with E-state index in [0.717, 1.165) is 10.9 Å². The Hall–Kier alpha value is -1.12. The first-order valence-corrected chi connectivity index (χ1v) is 9.79. The summed E-state index contributed by atoms with van der Waals surface area (Å²) in [7, 11) is 0. The third-order valence-corrected chi connectivity index (χ3v) is 5.48. The number of nitrogens with zero attached hydrogens (tertiary/aromatic N) is 1. The van der Waals surface area contributed by atoms with Crippen LogP contribution in [0.4, 0.5) is 9.18 Å². The maximum Gasteiger partial charge on any atom is 0.413 e. The van der Waals surface area contributed by atoms with Gasteiger partial charge in [-0.15, -0.1) is 0 Å². The number of rotatable bonds is 1. The van der Waals surface area contributed by atoms with Gasteiger partial charge in [-0.3, -0.25) is 5.32 Å². The van der Waals surface area contributed by atoms with Crippen LogP contribution in [0, 0.1) is 11.7 Å². The molecule has 5 nitrogen and oxygen atoms in total. The standard InChI is InChI=1S/C17H20BrFN2O3S/c1-16(2,3)24-15(22)20-14-21-17(10(9-25-14)6-7-23-17)12-8-11(18)4-5-13(12)19/h4-5,8,10H,6-7,9H2,1-3H3,(H,20,21,22)/t10-,17+/m0/s1. The molecule has 0 bridgehead atoms. The summed E-state index contributed by atoms with van der Waals surface area (Å²) in [6.07, 6.45) is 0.211. The molecule has 0 spiro atoms. The first kappa shape index (κ1) is 18.7. The van der Waals surface area contributed by atoms with Crippen LogP contribution in [0.1, 0.15) is 32.8 Å². The molecule has 2 atom stereocenters. The van der Waals surface area contributed by atoms with E-state index in [9.17, 15) is 9.18 Å². The summed E-state index contributed by atoms with van der Waals surface area (Å²) in [5, 5.41) is 3.04. The highest BCUT2D eigenvalue weighted by Gasteiger charge is 2.50. The number of thioether (sulfide) groups is 1. The van der Waals surface area contributed by atoms with Crippen molar-refractivity contribution < 1.29 is 18.7 Å². The molecule has 1 aromatic carbocycles. The van der Waals surface area contributed by atoms with Crippen LogP contribution in [0.5, 0.6) is 0 Å². The molecule has 2 heterocycles. The summed E-state index contributed by atoms with van der Waals surface area (Å²) in [4.78, 5) is 16.6. The average Bonchev–Trinajstić information content (AvgIpc) is 2.91. The average molecular weight is 431 g/mol. The highest BCUT2D eigenvalue weighted by Crippen LogP contribution is 2.48. The van der Waals surface area contributed by atoms with Crippen molar-refractivity contribution in [1.29, 1.82) is 0 Å². The maximum absolute atomic E-state index is 14.5. The van der Waals surface area contributed by atoms with E-state index < -0.39 is 17.4 Å². The normalized spacial score (nSPS) is 26.0. The van der Waals surface area contributed by atoms with E-state index in [0.29, 0.717) is 23.1 Å². The number of ether oxygens (including phenoxy) is 2. The van der Waals surface area contributed by atoms with E-state index in [1.807, 2.05) is 0 Å². The van der Waals surface area contributed by atoms with Gasteiger partial charge in [0.1, 0.15) is 11.4 Å². The first-order chi connectivity index (χ1) is 11.7. The van der Waals surface area contributed by atoms with Gasteiger partial charge in [0.15, 0.2) is 10.9 Å². The lowest BCUT2D eigenvalue weighted by molar-refractivity contribution is -0.0174. The van der Waals surface area contributed by atoms with Crippen molar-refractivity contribution in [3.05, 3.63) is 34.1 Å². The summed E-state index contributed by atoms with van der Waals surface area (Å²) in [6, 6.07) is 4.73. The monoisotopic (exact) mass is 430 g/mol. The number of aliphatic imine (C=N–C) groups is 1. The first-order valence-electron chi connectivity index (χ1n) is 8.02. The summed E-state index contributed by atoms with van der Waals surface area (Å²) in [6.45, 7) is 5.87. The lowest BCUT2D eigenvalue weighted by Crippen LogP contribution is -2.42. The molecule has 2 aliphatic heterocycles. The summed E-state index contributed by atoms with van der Waals surface area (Å²) in [5.74, 6) is 0.355.